The van der Waals surface area contributed by atoms with E-state index in [-0.39, 0.29) is 0 Å². The molecule has 0 radical (unpaired) electrons. The predicted molar refractivity (Wildman–Crippen MR) is 120 cm³/mol. The minimum Gasteiger partial charge on any atom is -0.371 e. The highest BCUT2D eigenvalue weighted by molar-refractivity contribution is 5.46. The van der Waals surface area contributed by atoms with Crippen LogP contribution in [0.25, 0.3) is 0 Å². The highest BCUT2D eigenvalue weighted by atomic mass is 16.5. The summed E-state index contributed by atoms with van der Waals surface area (Å²) in [6.07, 6.45) is 6.40. The summed E-state index contributed by atoms with van der Waals surface area (Å²) >= 11 is 0. The van der Waals surface area contributed by atoms with Gasteiger partial charge in [-0.1, -0.05) is 26.8 Å². The lowest BCUT2D eigenvalue weighted by Crippen LogP contribution is -2.42. The maximum Gasteiger partial charge on any atom is 0.0755 e. The van der Waals surface area contributed by atoms with Crippen molar-refractivity contribution in [3.05, 3.63) is 53.1 Å². The second-order valence-corrected chi connectivity index (χ2v) is 9.69. The SMILES string of the molecule is CC(C)c1ccc2c(n1)CN(CC(C)c1ccc(N3C[C@H]4CC[C@@H](C3)O4)cn1)CC2. The van der Waals surface area contributed by atoms with Gasteiger partial charge in [-0.05, 0) is 48.9 Å². The lowest BCUT2D eigenvalue weighted by Gasteiger charge is -2.34. The zero-order chi connectivity index (χ0) is 20.7. The van der Waals surface area contributed by atoms with Crippen molar-refractivity contribution in [3.63, 3.8) is 0 Å². The first-order valence-electron chi connectivity index (χ1n) is 11.6. The summed E-state index contributed by atoms with van der Waals surface area (Å²) in [5.41, 5.74) is 6.32. The summed E-state index contributed by atoms with van der Waals surface area (Å²) in [4.78, 5) is 14.8. The van der Waals surface area contributed by atoms with E-state index in [9.17, 15) is 0 Å². The molecule has 5 nitrogen and oxygen atoms in total. The number of nitrogens with zero attached hydrogens (tertiary/aromatic N) is 4. The second kappa shape index (κ2) is 8.27. The van der Waals surface area contributed by atoms with Gasteiger partial charge in [0.2, 0.25) is 0 Å². The molecule has 5 rings (SSSR count). The molecule has 30 heavy (non-hydrogen) atoms. The third-order valence-corrected chi connectivity index (χ3v) is 6.97. The monoisotopic (exact) mass is 406 g/mol. The zero-order valence-electron chi connectivity index (χ0n) is 18.6. The van der Waals surface area contributed by atoms with Crippen molar-refractivity contribution in [3.8, 4) is 0 Å². The number of morpholine rings is 1. The third-order valence-electron chi connectivity index (χ3n) is 6.97. The lowest BCUT2D eigenvalue weighted by atomic mass is 10.00. The fourth-order valence-corrected chi connectivity index (χ4v) is 5.14. The molecule has 0 amide bonds. The van der Waals surface area contributed by atoms with Gasteiger partial charge in [-0.3, -0.25) is 14.9 Å². The van der Waals surface area contributed by atoms with E-state index >= 15 is 0 Å². The van der Waals surface area contributed by atoms with Gasteiger partial charge < -0.3 is 9.64 Å². The van der Waals surface area contributed by atoms with E-state index in [1.54, 1.807) is 0 Å². The fraction of sp³-hybridized carbons (Fsp3) is 0.600. The van der Waals surface area contributed by atoms with Gasteiger partial charge >= 0.3 is 0 Å². The Morgan fingerprint density at radius 2 is 1.80 bits per heavy atom. The first-order chi connectivity index (χ1) is 14.5. The molecular weight excluding hydrogens is 372 g/mol. The number of fused-ring (bicyclic) bond motifs is 3. The molecule has 2 aromatic heterocycles. The Morgan fingerprint density at radius 3 is 2.50 bits per heavy atom. The van der Waals surface area contributed by atoms with Crippen molar-refractivity contribution in [2.75, 3.05) is 31.1 Å². The molecular formula is C25H34N4O. The number of ether oxygens (including phenoxy) is 1. The standard InChI is InChI=1S/C25H34N4O/c1-17(2)23-8-4-19-10-11-28(16-25(19)27-23)13-18(3)24-9-5-20(12-26-24)29-14-21-6-7-22(15-29)30-21/h4-5,8-9,12,17-18,21-22H,6-7,10-11,13-16H2,1-3H3/t18?,21-,22+. The van der Waals surface area contributed by atoms with Crippen LogP contribution in [0.5, 0.6) is 0 Å². The Kier molecular flexibility index (Phi) is 5.50. The summed E-state index contributed by atoms with van der Waals surface area (Å²) in [5, 5.41) is 0. The van der Waals surface area contributed by atoms with Gasteiger partial charge in [0.05, 0.1) is 29.8 Å². The van der Waals surface area contributed by atoms with Crippen LogP contribution in [-0.4, -0.2) is 53.3 Å². The normalized spacial score (nSPS) is 24.9. The van der Waals surface area contributed by atoms with E-state index in [2.05, 4.69) is 61.0 Å². The first-order valence-corrected chi connectivity index (χ1v) is 11.6. The van der Waals surface area contributed by atoms with E-state index in [0.717, 1.165) is 39.1 Å². The molecule has 5 heterocycles. The van der Waals surface area contributed by atoms with E-state index in [4.69, 9.17) is 14.7 Å². The van der Waals surface area contributed by atoms with Crippen molar-refractivity contribution in [2.45, 2.75) is 70.6 Å². The largest absolute Gasteiger partial charge is 0.371 e. The molecule has 5 heteroatoms. The highest BCUT2D eigenvalue weighted by Gasteiger charge is 2.33. The summed E-state index contributed by atoms with van der Waals surface area (Å²) in [5.74, 6) is 0.892. The number of rotatable bonds is 5. The molecule has 2 aromatic rings. The van der Waals surface area contributed by atoms with Crippen molar-refractivity contribution in [2.24, 2.45) is 0 Å². The molecule has 2 fully saturated rings. The van der Waals surface area contributed by atoms with Gasteiger partial charge in [0.1, 0.15) is 0 Å². The number of aromatic nitrogens is 2. The molecule has 160 valence electrons. The molecule has 0 spiro atoms. The number of hydrogen-bond donors (Lipinski definition) is 0. The third kappa shape index (κ3) is 4.10. The summed E-state index contributed by atoms with van der Waals surface area (Å²) < 4.78 is 5.97. The number of hydrogen-bond acceptors (Lipinski definition) is 5. The molecule has 1 unspecified atom stereocenters. The summed E-state index contributed by atoms with van der Waals surface area (Å²) in [6, 6.07) is 8.97. The number of pyridine rings is 2. The van der Waals surface area contributed by atoms with Crippen molar-refractivity contribution in [1.29, 1.82) is 0 Å². The molecule has 3 atom stereocenters. The maximum absolute atomic E-state index is 5.97. The first kappa shape index (κ1) is 20.0. The molecule has 0 aliphatic carbocycles. The van der Waals surface area contributed by atoms with Gasteiger partial charge in [-0.25, -0.2) is 0 Å². The van der Waals surface area contributed by atoms with Gasteiger partial charge in [-0.15, -0.1) is 0 Å². The number of anilines is 1. The van der Waals surface area contributed by atoms with Crippen LogP contribution in [0.4, 0.5) is 5.69 Å². The van der Waals surface area contributed by atoms with Gasteiger partial charge in [0.15, 0.2) is 0 Å². The Morgan fingerprint density at radius 1 is 1.03 bits per heavy atom. The van der Waals surface area contributed by atoms with E-state index in [1.165, 1.54) is 41.2 Å². The summed E-state index contributed by atoms with van der Waals surface area (Å²) in [7, 11) is 0. The van der Waals surface area contributed by atoms with Crippen molar-refractivity contribution in [1.82, 2.24) is 14.9 Å². The minimum absolute atomic E-state index is 0.411. The molecule has 3 aliphatic heterocycles. The van der Waals surface area contributed by atoms with Crippen molar-refractivity contribution >= 4 is 5.69 Å². The van der Waals surface area contributed by atoms with Crippen LogP contribution in [-0.2, 0) is 17.7 Å². The Bertz CT molecular complexity index is 869. The molecule has 2 saturated heterocycles. The smallest absolute Gasteiger partial charge is 0.0755 e. The zero-order valence-corrected chi connectivity index (χ0v) is 18.6. The van der Waals surface area contributed by atoms with Crippen LogP contribution in [0, 0.1) is 0 Å². The predicted octanol–water partition coefficient (Wildman–Crippen LogP) is 4.13. The Hall–Kier alpha value is -1.98. The Balaban J connectivity index is 1.21. The van der Waals surface area contributed by atoms with E-state index in [0.29, 0.717) is 24.0 Å². The topological polar surface area (TPSA) is 41.5 Å². The van der Waals surface area contributed by atoms with Crippen molar-refractivity contribution < 1.29 is 4.74 Å². The van der Waals surface area contributed by atoms with Crippen LogP contribution in [0.2, 0.25) is 0 Å². The lowest BCUT2D eigenvalue weighted by molar-refractivity contribution is 0.0305. The van der Waals surface area contributed by atoms with E-state index in [1.807, 2.05) is 0 Å². The maximum atomic E-state index is 5.97. The molecule has 2 bridgehead atoms. The molecule has 0 saturated carbocycles. The van der Waals surface area contributed by atoms with Gasteiger partial charge in [0.25, 0.3) is 0 Å². The summed E-state index contributed by atoms with van der Waals surface area (Å²) in [6.45, 7) is 11.8. The average molecular weight is 407 g/mol. The van der Waals surface area contributed by atoms with Crippen LogP contribution in [0.15, 0.2) is 30.5 Å². The second-order valence-electron chi connectivity index (χ2n) is 9.69. The fourth-order valence-electron chi connectivity index (χ4n) is 5.14. The Labute approximate surface area is 180 Å². The van der Waals surface area contributed by atoms with Crippen LogP contribution < -0.4 is 4.90 Å². The highest BCUT2D eigenvalue weighted by Crippen LogP contribution is 2.30. The quantitative estimate of drug-likeness (QED) is 0.747. The molecule has 3 aliphatic rings. The minimum atomic E-state index is 0.411. The van der Waals surface area contributed by atoms with E-state index < -0.39 is 0 Å². The van der Waals surface area contributed by atoms with Crippen LogP contribution >= 0.6 is 0 Å². The van der Waals surface area contributed by atoms with Crippen LogP contribution in [0.1, 0.15) is 68.1 Å². The molecule has 0 N–H and O–H groups in total. The average Bonchev–Trinajstić information content (AvgIpc) is 3.10. The van der Waals surface area contributed by atoms with Crippen LogP contribution in [0.3, 0.4) is 0 Å². The molecule has 0 aromatic carbocycles. The van der Waals surface area contributed by atoms with Gasteiger partial charge in [0, 0.05) is 50.0 Å². The van der Waals surface area contributed by atoms with Gasteiger partial charge in [-0.2, -0.15) is 0 Å².